The van der Waals surface area contributed by atoms with Gasteiger partial charge in [0.1, 0.15) is 0 Å². The molecule has 3 nitrogen and oxygen atoms in total. The number of nitrogens with one attached hydrogen (secondary N) is 1. The normalized spacial score (nSPS) is 11.2. The molecule has 0 aliphatic carbocycles. The summed E-state index contributed by atoms with van der Waals surface area (Å²) in [5, 5.41) is 5.39. The minimum Gasteiger partial charge on any atom is -0.322 e. The first-order valence-electron chi connectivity index (χ1n) is 7.54. The number of carbonyl (C=O) groups is 1. The zero-order valence-corrected chi connectivity index (χ0v) is 16.4. The molecule has 0 bridgehead atoms. The van der Waals surface area contributed by atoms with Crippen LogP contribution in [0.3, 0.4) is 0 Å². The molecule has 1 amide bonds. The standard InChI is InChI=1S/C18H15Cl3N2OS/c1-23(9-15-17(21)11-5-2-3-8-14(11)25-15)10-16(24)22-18-12(19)6-4-7-13(18)20/h2-8H,9-10H2,1H3,(H,22,24). The molecule has 0 radical (unpaired) electrons. The van der Waals surface area contributed by atoms with Crippen molar-refractivity contribution < 1.29 is 4.79 Å². The van der Waals surface area contributed by atoms with E-state index in [1.54, 1.807) is 29.5 Å². The van der Waals surface area contributed by atoms with Gasteiger partial charge in [0, 0.05) is 21.5 Å². The second-order valence-corrected chi connectivity index (χ2v) is 7.98. The molecule has 0 saturated heterocycles. The Morgan fingerprint density at radius 2 is 1.76 bits per heavy atom. The number of carbonyl (C=O) groups excluding carboxylic acids is 1. The lowest BCUT2D eigenvalue weighted by molar-refractivity contribution is -0.117. The van der Waals surface area contributed by atoms with Gasteiger partial charge in [-0.05, 0) is 25.2 Å². The number of hydrogen-bond donors (Lipinski definition) is 1. The quantitative estimate of drug-likeness (QED) is 0.562. The number of nitrogens with zero attached hydrogens (tertiary/aromatic N) is 1. The van der Waals surface area contributed by atoms with Gasteiger partial charge in [0.2, 0.25) is 5.91 Å². The first-order chi connectivity index (χ1) is 12.0. The molecule has 0 aliphatic heterocycles. The van der Waals surface area contributed by atoms with Gasteiger partial charge in [0.25, 0.3) is 0 Å². The molecule has 1 aromatic heterocycles. The van der Waals surface area contributed by atoms with Crippen molar-refractivity contribution in [3.8, 4) is 0 Å². The van der Waals surface area contributed by atoms with Crippen LogP contribution in [-0.4, -0.2) is 24.4 Å². The number of para-hydroxylation sites is 1. The zero-order valence-electron chi connectivity index (χ0n) is 13.4. The molecule has 0 aliphatic rings. The van der Waals surface area contributed by atoms with Crippen LogP contribution < -0.4 is 5.32 Å². The molecule has 0 atom stereocenters. The Morgan fingerprint density at radius 1 is 1.08 bits per heavy atom. The van der Waals surface area contributed by atoms with E-state index in [1.807, 2.05) is 36.2 Å². The molecule has 3 rings (SSSR count). The average molecular weight is 414 g/mol. The van der Waals surface area contributed by atoms with Crippen molar-refractivity contribution in [2.75, 3.05) is 18.9 Å². The predicted molar refractivity (Wildman–Crippen MR) is 108 cm³/mol. The SMILES string of the molecule is CN(CC(=O)Nc1c(Cl)cccc1Cl)Cc1sc2ccccc2c1Cl. The molecule has 130 valence electrons. The van der Waals surface area contributed by atoms with Gasteiger partial charge >= 0.3 is 0 Å². The molecule has 1 heterocycles. The lowest BCUT2D eigenvalue weighted by Crippen LogP contribution is -2.29. The third-order valence-electron chi connectivity index (χ3n) is 3.66. The summed E-state index contributed by atoms with van der Waals surface area (Å²) in [6.07, 6.45) is 0. The highest BCUT2D eigenvalue weighted by atomic mass is 35.5. The lowest BCUT2D eigenvalue weighted by Gasteiger charge is -2.16. The monoisotopic (exact) mass is 412 g/mol. The van der Waals surface area contributed by atoms with E-state index in [1.165, 1.54) is 0 Å². The molecule has 3 aromatic rings. The van der Waals surface area contributed by atoms with Crippen LogP contribution >= 0.6 is 46.1 Å². The van der Waals surface area contributed by atoms with E-state index >= 15 is 0 Å². The number of rotatable bonds is 5. The molecule has 2 aromatic carbocycles. The van der Waals surface area contributed by atoms with E-state index in [0.29, 0.717) is 22.3 Å². The van der Waals surface area contributed by atoms with Crippen LogP contribution in [-0.2, 0) is 11.3 Å². The minimum atomic E-state index is -0.185. The van der Waals surface area contributed by atoms with Gasteiger partial charge < -0.3 is 5.32 Å². The lowest BCUT2D eigenvalue weighted by atomic mass is 10.2. The van der Waals surface area contributed by atoms with E-state index in [2.05, 4.69) is 5.32 Å². The number of thiophene rings is 1. The van der Waals surface area contributed by atoms with Gasteiger partial charge in [-0.15, -0.1) is 11.3 Å². The second-order valence-electron chi connectivity index (χ2n) is 5.65. The van der Waals surface area contributed by atoms with Crippen LogP contribution in [0.15, 0.2) is 42.5 Å². The molecule has 0 unspecified atom stereocenters. The first kappa shape index (κ1) is 18.5. The Kier molecular flexibility index (Phi) is 5.87. The van der Waals surface area contributed by atoms with E-state index in [4.69, 9.17) is 34.8 Å². The number of anilines is 1. The minimum absolute atomic E-state index is 0.185. The summed E-state index contributed by atoms with van der Waals surface area (Å²) < 4.78 is 1.14. The molecular weight excluding hydrogens is 399 g/mol. The van der Waals surface area contributed by atoms with Crippen molar-refractivity contribution in [2.45, 2.75) is 6.54 Å². The average Bonchev–Trinajstić information content (AvgIpc) is 2.87. The van der Waals surface area contributed by atoms with E-state index < -0.39 is 0 Å². The number of benzene rings is 2. The topological polar surface area (TPSA) is 32.3 Å². The van der Waals surface area contributed by atoms with Gasteiger partial charge in [0.15, 0.2) is 0 Å². The molecule has 0 fully saturated rings. The molecule has 25 heavy (non-hydrogen) atoms. The Morgan fingerprint density at radius 3 is 2.44 bits per heavy atom. The maximum absolute atomic E-state index is 12.3. The summed E-state index contributed by atoms with van der Waals surface area (Å²) >= 11 is 20.3. The van der Waals surface area contributed by atoms with Crippen LogP contribution in [0, 0.1) is 0 Å². The number of fused-ring (bicyclic) bond motifs is 1. The summed E-state index contributed by atoms with van der Waals surface area (Å²) in [6, 6.07) is 13.1. The van der Waals surface area contributed by atoms with E-state index in [-0.39, 0.29) is 12.5 Å². The van der Waals surface area contributed by atoms with Crippen molar-refractivity contribution in [1.29, 1.82) is 0 Å². The Bertz CT molecular complexity index is 906. The van der Waals surface area contributed by atoms with Gasteiger partial charge in [-0.25, -0.2) is 0 Å². The van der Waals surface area contributed by atoms with Crippen molar-refractivity contribution in [3.63, 3.8) is 0 Å². The molecule has 1 N–H and O–H groups in total. The first-order valence-corrected chi connectivity index (χ1v) is 9.49. The Labute approximate surface area is 165 Å². The summed E-state index contributed by atoms with van der Waals surface area (Å²) in [5.41, 5.74) is 0.434. The smallest absolute Gasteiger partial charge is 0.238 e. The van der Waals surface area contributed by atoms with Crippen LogP contribution in [0.1, 0.15) is 4.88 Å². The third-order valence-corrected chi connectivity index (χ3v) is 5.98. The maximum atomic E-state index is 12.3. The van der Waals surface area contributed by atoms with E-state index in [9.17, 15) is 4.79 Å². The van der Waals surface area contributed by atoms with Gasteiger partial charge in [-0.3, -0.25) is 9.69 Å². The highest BCUT2D eigenvalue weighted by Crippen LogP contribution is 2.35. The molecular formula is C18H15Cl3N2OS. The number of hydrogen-bond acceptors (Lipinski definition) is 3. The van der Waals surface area contributed by atoms with Gasteiger partial charge in [-0.2, -0.15) is 0 Å². The summed E-state index contributed by atoms with van der Waals surface area (Å²) in [7, 11) is 1.87. The molecule has 0 spiro atoms. The van der Waals surface area contributed by atoms with Crippen molar-refractivity contribution in [1.82, 2.24) is 4.90 Å². The van der Waals surface area contributed by atoms with Crippen LogP contribution in [0.25, 0.3) is 10.1 Å². The Hall–Kier alpha value is -1.30. The van der Waals surface area contributed by atoms with Crippen molar-refractivity contribution >= 4 is 67.8 Å². The molecule has 0 saturated carbocycles. The fourth-order valence-corrected chi connectivity index (χ4v) is 4.57. The fraction of sp³-hybridized carbons (Fsp3) is 0.167. The predicted octanol–water partition coefficient (Wildman–Crippen LogP) is 5.93. The number of likely N-dealkylation sites (N-methyl/N-ethyl adjacent to an activating group) is 1. The van der Waals surface area contributed by atoms with Crippen LogP contribution in [0.4, 0.5) is 5.69 Å². The summed E-state index contributed by atoms with van der Waals surface area (Å²) in [5.74, 6) is -0.185. The van der Waals surface area contributed by atoms with Crippen LogP contribution in [0.2, 0.25) is 15.1 Å². The number of halogens is 3. The second kappa shape index (κ2) is 7.94. The number of amides is 1. The largest absolute Gasteiger partial charge is 0.322 e. The van der Waals surface area contributed by atoms with Gasteiger partial charge in [0.05, 0.1) is 27.3 Å². The van der Waals surface area contributed by atoms with Crippen molar-refractivity contribution in [2.24, 2.45) is 0 Å². The summed E-state index contributed by atoms with van der Waals surface area (Å²) in [4.78, 5) is 15.2. The van der Waals surface area contributed by atoms with Gasteiger partial charge in [-0.1, -0.05) is 59.1 Å². The highest BCUT2D eigenvalue weighted by molar-refractivity contribution is 7.19. The van der Waals surface area contributed by atoms with Crippen molar-refractivity contribution in [3.05, 3.63) is 62.4 Å². The van der Waals surface area contributed by atoms with Crippen LogP contribution in [0.5, 0.6) is 0 Å². The van der Waals surface area contributed by atoms with E-state index in [0.717, 1.165) is 20.0 Å². The Balaban J connectivity index is 1.66. The highest BCUT2D eigenvalue weighted by Gasteiger charge is 2.15. The summed E-state index contributed by atoms with van der Waals surface area (Å²) in [6.45, 7) is 0.786. The zero-order chi connectivity index (χ0) is 18.0. The maximum Gasteiger partial charge on any atom is 0.238 e. The fourth-order valence-electron chi connectivity index (χ4n) is 2.51. The molecule has 7 heteroatoms. The third kappa shape index (κ3) is 4.27.